The third kappa shape index (κ3) is 3.29. The normalized spacial score (nSPS) is 15.7. The van der Waals surface area contributed by atoms with Crippen LogP contribution in [0.25, 0.3) is 0 Å². The maximum absolute atomic E-state index is 13.2. The number of rotatable bonds is 3. The van der Waals surface area contributed by atoms with Crippen LogP contribution < -0.4 is 5.09 Å². The van der Waals surface area contributed by atoms with Gasteiger partial charge >= 0.3 is 0 Å². The minimum atomic E-state index is -1.80. The Bertz CT molecular complexity index is 437. The zero-order chi connectivity index (χ0) is 13.3. The van der Waals surface area contributed by atoms with Crippen LogP contribution in [0.2, 0.25) is 0 Å². The molecule has 0 heterocycles. The van der Waals surface area contributed by atoms with Crippen molar-refractivity contribution in [1.82, 2.24) is 0 Å². The van der Waals surface area contributed by atoms with Gasteiger partial charge in [-0.15, -0.1) is 0 Å². The summed E-state index contributed by atoms with van der Waals surface area (Å²) in [6.07, 6.45) is -1.80. The molecule has 0 fully saturated rings. The third-order valence-electron chi connectivity index (χ3n) is 2.84. The highest BCUT2D eigenvalue weighted by Gasteiger charge is 2.34. The monoisotopic (exact) mass is 273 g/mol. The van der Waals surface area contributed by atoms with Crippen molar-refractivity contribution >= 4 is 23.7 Å². The highest BCUT2D eigenvalue weighted by molar-refractivity contribution is 8.16. The number of halogens is 1. The van der Waals surface area contributed by atoms with Crippen LogP contribution in [-0.4, -0.2) is 10.8 Å². The van der Waals surface area contributed by atoms with E-state index >= 15 is 0 Å². The van der Waals surface area contributed by atoms with Crippen molar-refractivity contribution in [3.8, 4) is 0 Å². The van der Waals surface area contributed by atoms with Crippen molar-refractivity contribution in [2.24, 2.45) is 0 Å². The van der Waals surface area contributed by atoms with Gasteiger partial charge in [0.25, 0.3) is 0 Å². The molecular weight excluding hydrogens is 252 g/mol. The fraction of sp³-hybridized carbons (Fsp3) is 0.538. The summed E-state index contributed by atoms with van der Waals surface area (Å²) in [6, 6.07) is 6.54. The molecule has 0 spiro atoms. The summed E-state index contributed by atoms with van der Waals surface area (Å²) < 4.78 is 13.2. The number of hydrogen-bond acceptors (Lipinski definition) is 1. The van der Waals surface area contributed by atoms with E-state index in [9.17, 15) is 4.39 Å². The summed E-state index contributed by atoms with van der Waals surface area (Å²) in [6.45, 7) is 10.7. The first kappa shape index (κ1) is 14.7. The lowest BCUT2D eigenvalue weighted by Gasteiger charge is -2.39. The Morgan fingerprint density at radius 3 is 2.29 bits per heavy atom. The highest BCUT2D eigenvalue weighted by atomic mass is 32.4. The van der Waals surface area contributed by atoms with Crippen LogP contribution in [0.4, 0.5) is 10.1 Å². The average molecular weight is 273 g/mol. The van der Waals surface area contributed by atoms with E-state index in [0.29, 0.717) is 5.66 Å². The van der Waals surface area contributed by atoms with Crippen molar-refractivity contribution in [3.63, 3.8) is 0 Å². The quantitative estimate of drug-likeness (QED) is 0.791. The standard InChI is InChI=1S/C13H21FNPS/c1-10(2)16(17,13(3,4)5)15-12-8-6-7-11(14)9-12/h6-10H,1-5H3,(H,15,17)/t16-/m0/s1. The molecule has 0 saturated carbocycles. The molecule has 0 amide bonds. The average Bonchev–Trinajstić information content (AvgIpc) is 2.15. The van der Waals surface area contributed by atoms with Gasteiger partial charge in [0.2, 0.25) is 0 Å². The summed E-state index contributed by atoms with van der Waals surface area (Å²) in [5.41, 5.74) is 1.16. The fourth-order valence-corrected chi connectivity index (χ4v) is 4.80. The molecule has 1 aromatic rings. The predicted octanol–water partition coefficient (Wildman–Crippen LogP) is 4.84. The van der Waals surface area contributed by atoms with E-state index in [4.69, 9.17) is 11.8 Å². The van der Waals surface area contributed by atoms with Crippen molar-refractivity contribution in [2.45, 2.75) is 45.4 Å². The maximum atomic E-state index is 13.2. The first-order valence-electron chi connectivity index (χ1n) is 5.80. The number of benzene rings is 1. The van der Waals surface area contributed by atoms with Gasteiger partial charge in [0.15, 0.2) is 0 Å². The molecule has 0 aliphatic heterocycles. The highest BCUT2D eigenvalue weighted by Crippen LogP contribution is 2.60. The fourth-order valence-electron chi connectivity index (χ4n) is 1.82. The lowest BCUT2D eigenvalue weighted by atomic mass is 10.3. The second-order valence-corrected chi connectivity index (χ2v) is 11.2. The van der Waals surface area contributed by atoms with E-state index in [1.807, 2.05) is 6.07 Å². The molecule has 17 heavy (non-hydrogen) atoms. The minimum absolute atomic E-state index is 0.0167. The Balaban J connectivity index is 3.09. The number of hydrogen-bond donors (Lipinski definition) is 1. The molecule has 96 valence electrons. The molecule has 0 saturated heterocycles. The topological polar surface area (TPSA) is 12.0 Å². The molecule has 4 heteroatoms. The molecule has 0 aliphatic rings. The Morgan fingerprint density at radius 2 is 1.88 bits per heavy atom. The van der Waals surface area contributed by atoms with Gasteiger partial charge in [-0.2, -0.15) is 0 Å². The minimum Gasteiger partial charge on any atom is -0.357 e. The van der Waals surface area contributed by atoms with Gasteiger partial charge in [-0.1, -0.05) is 52.5 Å². The van der Waals surface area contributed by atoms with Crippen LogP contribution in [0.1, 0.15) is 34.6 Å². The summed E-state index contributed by atoms with van der Waals surface area (Å²) in [5, 5.41) is 3.44. The maximum Gasteiger partial charge on any atom is 0.125 e. The molecule has 0 radical (unpaired) electrons. The van der Waals surface area contributed by atoms with Gasteiger partial charge in [-0.25, -0.2) is 4.39 Å². The number of nitrogens with one attached hydrogen (secondary N) is 1. The SMILES string of the molecule is CC(C)[P@@](=S)(Nc1cccc(F)c1)C(C)(C)C. The molecule has 1 rings (SSSR count). The van der Waals surface area contributed by atoms with Crippen LogP contribution in [-0.2, 0) is 11.8 Å². The Hall–Kier alpha value is -0.400. The van der Waals surface area contributed by atoms with E-state index in [1.165, 1.54) is 12.1 Å². The van der Waals surface area contributed by atoms with Gasteiger partial charge in [0.1, 0.15) is 5.82 Å². The van der Waals surface area contributed by atoms with E-state index in [0.717, 1.165) is 5.69 Å². The van der Waals surface area contributed by atoms with Gasteiger partial charge in [-0.05, 0) is 23.9 Å². The zero-order valence-electron chi connectivity index (χ0n) is 11.1. The Morgan fingerprint density at radius 1 is 1.29 bits per heavy atom. The second-order valence-electron chi connectivity index (χ2n) is 5.54. The molecule has 1 aromatic carbocycles. The zero-order valence-corrected chi connectivity index (χ0v) is 12.8. The molecule has 1 N–H and O–H groups in total. The van der Waals surface area contributed by atoms with Crippen LogP contribution in [0.15, 0.2) is 24.3 Å². The second kappa shape index (κ2) is 5.07. The first-order chi connectivity index (χ1) is 7.67. The van der Waals surface area contributed by atoms with Crippen LogP contribution in [0, 0.1) is 5.82 Å². The first-order valence-corrected chi connectivity index (χ1v) is 8.67. The van der Waals surface area contributed by atoms with Crippen molar-refractivity contribution in [3.05, 3.63) is 30.1 Å². The Kier molecular flexibility index (Phi) is 4.38. The van der Waals surface area contributed by atoms with Crippen molar-refractivity contribution in [2.75, 3.05) is 5.09 Å². The van der Waals surface area contributed by atoms with Gasteiger partial charge < -0.3 is 5.09 Å². The molecular formula is C13H21FNPS. The van der Waals surface area contributed by atoms with Gasteiger partial charge in [0.05, 0.1) is 0 Å². The summed E-state index contributed by atoms with van der Waals surface area (Å²) >= 11 is 5.87. The van der Waals surface area contributed by atoms with E-state index in [2.05, 4.69) is 39.7 Å². The lowest BCUT2D eigenvalue weighted by molar-refractivity contribution is 0.628. The lowest BCUT2D eigenvalue weighted by Crippen LogP contribution is -2.25. The van der Waals surface area contributed by atoms with Gasteiger partial charge in [-0.3, -0.25) is 0 Å². The molecule has 0 unspecified atom stereocenters. The molecule has 0 aromatic heterocycles. The van der Waals surface area contributed by atoms with Crippen molar-refractivity contribution < 1.29 is 4.39 Å². The van der Waals surface area contributed by atoms with E-state index in [1.54, 1.807) is 6.07 Å². The summed E-state index contributed by atoms with van der Waals surface area (Å²) in [7, 11) is 0. The molecule has 0 aliphatic carbocycles. The van der Waals surface area contributed by atoms with Crippen molar-refractivity contribution in [1.29, 1.82) is 0 Å². The largest absolute Gasteiger partial charge is 0.357 e. The van der Waals surface area contributed by atoms with Crippen LogP contribution in [0.5, 0.6) is 0 Å². The molecule has 0 bridgehead atoms. The van der Waals surface area contributed by atoms with Crippen LogP contribution in [0.3, 0.4) is 0 Å². The smallest absolute Gasteiger partial charge is 0.125 e. The Labute approximate surface area is 109 Å². The van der Waals surface area contributed by atoms with Gasteiger partial charge in [0, 0.05) is 17.0 Å². The third-order valence-corrected chi connectivity index (χ3v) is 10.1. The number of anilines is 1. The van der Waals surface area contributed by atoms with Crippen LogP contribution >= 0.6 is 6.19 Å². The predicted molar refractivity (Wildman–Crippen MR) is 79.2 cm³/mol. The summed E-state index contributed by atoms with van der Waals surface area (Å²) in [5.74, 6) is -0.228. The molecule has 1 nitrogen and oxygen atoms in total. The van der Waals surface area contributed by atoms with E-state index in [-0.39, 0.29) is 11.0 Å². The van der Waals surface area contributed by atoms with E-state index < -0.39 is 6.19 Å². The summed E-state index contributed by atoms with van der Waals surface area (Å²) in [4.78, 5) is 0. The molecule has 1 atom stereocenters.